The molecule has 0 aliphatic heterocycles. The molecular formula is C10H5BrF2N2O4S2. The Labute approximate surface area is 129 Å². The van der Waals surface area contributed by atoms with Gasteiger partial charge in [0.15, 0.2) is 15.7 Å². The number of nitrogens with zero attached hydrogens (tertiary/aromatic N) is 1. The van der Waals surface area contributed by atoms with Crippen LogP contribution in [-0.2, 0) is 10.0 Å². The van der Waals surface area contributed by atoms with Crippen molar-refractivity contribution < 1.29 is 27.1 Å². The fraction of sp³-hybridized carbons (Fsp3) is 0. The molecule has 1 aromatic heterocycles. The molecule has 0 saturated heterocycles. The summed E-state index contributed by atoms with van der Waals surface area (Å²) >= 11 is 3.39. The molecule has 0 aliphatic rings. The van der Waals surface area contributed by atoms with Crippen LogP contribution in [0.1, 0.15) is 10.5 Å². The monoisotopic (exact) mass is 398 g/mol. The lowest BCUT2D eigenvalue weighted by molar-refractivity contribution is 0.0687. The normalized spacial score (nSPS) is 11.4. The summed E-state index contributed by atoms with van der Waals surface area (Å²) in [5.74, 6) is -3.58. The van der Waals surface area contributed by atoms with E-state index in [2.05, 4.69) is 20.9 Å². The zero-order valence-electron chi connectivity index (χ0n) is 9.80. The number of nitrogens with one attached hydrogen (secondary N) is 1. The van der Waals surface area contributed by atoms with Crippen molar-refractivity contribution in [2.75, 3.05) is 4.72 Å². The summed E-state index contributed by atoms with van der Waals surface area (Å²) in [6, 6.07) is 1.36. The fourth-order valence-electron chi connectivity index (χ4n) is 1.39. The molecule has 0 atom stereocenters. The van der Waals surface area contributed by atoms with Crippen molar-refractivity contribution in [1.29, 1.82) is 0 Å². The summed E-state index contributed by atoms with van der Waals surface area (Å²) in [6.07, 6.45) is 0. The number of carboxylic acids is 1. The number of carboxylic acid groups (broad SMARTS) is 1. The van der Waals surface area contributed by atoms with Crippen LogP contribution in [0.3, 0.4) is 0 Å². The van der Waals surface area contributed by atoms with Crippen LogP contribution in [0.25, 0.3) is 0 Å². The van der Waals surface area contributed by atoms with Crippen LogP contribution in [0.2, 0.25) is 0 Å². The van der Waals surface area contributed by atoms with Gasteiger partial charge in [0.1, 0.15) is 5.82 Å². The quantitative estimate of drug-likeness (QED) is 0.824. The first-order chi connectivity index (χ1) is 9.72. The molecule has 1 aromatic carbocycles. The van der Waals surface area contributed by atoms with Gasteiger partial charge in [-0.05, 0) is 22.0 Å². The lowest BCUT2D eigenvalue weighted by Gasteiger charge is -2.10. The predicted molar refractivity (Wildman–Crippen MR) is 73.9 cm³/mol. The molecule has 0 radical (unpaired) electrons. The minimum Gasteiger partial charge on any atom is -0.476 e. The highest BCUT2D eigenvalue weighted by atomic mass is 79.9. The molecule has 2 N–H and O–H groups in total. The van der Waals surface area contributed by atoms with E-state index >= 15 is 0 Å². The van der Waals surface area contributed by atoms with Crippen molar-refractivity contribution >= 4 is 48.9 Å². The molecule has 11 heteroatoms. The Kier molecular flexibility index (Phi) is 4.25. The van der Waals surface area contributed by atoms with Crippen molar-refractivity contribution in [3.63, 3.8) is 0 Å². The molecule has 21 heavy (non-hydrogen) atoms. The van der Waals surface area contributed by atoms with E-state index < -0.39 is 43.2 Å². The Morgan fingerprint density at radius 3 is 2.62 bits per heavy atom. The Bertz CT molecular complexity index is 799. The molecule has 2 rings (SSSR count). The SMILES string of the molecule is O=C(O)c1ncsc1S(=O)(=O)Nc1c(F)cc(F)cc1Br. The summed E-state index contributed by atoms with van der Waals surface area (Å²) in [5, 5.41) is 8.85. The van der Waals surface area contributed by atoms with Gasteiger partial charge in [-0.3, -0.25) is 4.72 Å². The average Bonchev–Trinajstić information content (AvgIpc) is 2.83. The first-order valence-corrected chi connectivity index (χ1v) is 8.22. The molecule has 112 valence electrons. The number of aromatic nitrogens is 1. The molecule has 0 spiro atoms. The standard InChI is InChI=1S/C10H5BrF2N2O4S2/c11-5-1-4(12)2-6(13)7(5)15-21(18,19)10-8(9(16)17)14-3-20-10/h1-3,15H,(H,16,17). The number of sulfonamides is 1. The highest BCUT2D eigenvalue weighted by Gasteiger charge is 2.27. The van der Waals surface area contributed by atoms with Gasteiger partial charge < -0.3 is 5.11 Å². The van der Waals surface area contributed by atoms with Crippen LogP contribution in [0.15, 0.2) is 26.3 Å². The summed E-state index contributed by atoms with van der Waals surface area (Å²) in [4.78, 5) is 14.3. The molecule has 0 fully saturated rings. The second kappa shape index (κ2) is 5.66. The molecule has 0 aliphatic carbocycles. The van der Waals surface area contributed by atoms with Gasteiger partial charge in [-0.15, -0.1) is 11.3 Å². The van der Waals surface area contributed by atoms with Crippen LogP contribution in [0.5, 0.6) is 0 Å². The maximum Gasteiger partial charge on any atom is 0.356 e. The smallest absolute Gasteiger partial charge is 0.356 e. The van der Waals surface area contributed by atoms with E-state index in [0.29, 0.717) is 17.4 Å². The Morgan fingerprint density at radius 1 is 1.38 bits per heavy atom. The third-order valence-corrected chi connectivity index (χ3v) is 5.57. The third-order valence-electron chi connectivity index (χ3n) is 2.22. The summed E-state index contributed by atoms with van der Waals surface area (Å²) in [6.45, 7) is 0. The van der Waals surface area contributed by atoms with E-state index in [0.717, 1.165) is 11.6 Å². The lowest BCUT2D eigenvalue weighted by atomic mass is 10.3. The van der Waals surface area contributed by atoms with Crippen molar-refractivity contribution in [2.24, 2.45) is 0 Å². The summed E-state index contributed by atoms with van der Waals surface area (Å²) in [7, 11) is -4.37. The van der Waals surface area contributed by atoms with Crippen LogP contribution < -0.4 is 4.72 Å². The number of rotatable bonds is 4. The first-order valence-electron chi connectivity index (χ1n) is 5.06. The topological polar surface area (TPSA) is 96.4 Å². The number of hydrogen-bond donors (Lipinski definition) is 2. The molecule has 2 aromatic rings. The van der Waals surface area contributed by atoms with Crippen molar-refractivity contribution in [1.82, 2.24) is 4.98 Å². The van der Waals surface area contributed by atoms with Gasteiger partial charge in [-0.25, -0.2) is 27.0 Å². The Hall–Kier alpha value is -1.59. The first kappa shape index (κ1) is 15.8. The second-order valence-electron chi connectivity index (χ2n) is 3.64. The van der Waals surface area contributed by atoms with Crippen molar-refractivity contribution in [3.8, 4) is 0 Å². The second-order valence-corrected chi connectivity index (χ2v) is 7.23. The number of hydrogen-bond acceptors (Lipinski definition) is 5. The number of thiazole rings is 1. The van der Waals surface area contributed by atoms with Crippen molar-refractivity contribution in [3.05, 3.63) is 39.4 Å². The molecule has 0 saturated carbocycles. The molecular weight excluding hydrogens is 394 g/mol. The number of anilines is 1. The summed E-state index contributed by atoms with van der Waals surface area (Å²) < 4.78 is 51.9. The number of carbonyl (C=O) groups is 1. The van der Waals surface area contributed by atoms with E-state index in [-0.39, 0.29) is 4.47 Å². The Morgan fingerprint density at radius 2 is 2.05 bits per heavy atom. The Balaban J connectivity index is 2.48. The third kappa shape index (κ3) is 3.19. The van der Waals surface area contributed by atoms with Crippen LogP contribution in [-0.4, -0.2) is 24.5 Å². The van der Waals surface area contributed by atoms with Crippen molar-refractivity contribution in [2.45, 2.75) is 4.21 Å². The maximum absolute atomic E-state index is 13.6. The average molecular weight is 399 g/mol. The fourth-order valence-corrected chi connectivity index (χ4v) is 4.26. The van der Waals surface area contributed by atoms with E-state index in [1.807, 2.05) is 4.72 Å². The summed E-state index contributed by atoms with van der Waals surface area (Å²) in [5.41, 5.74) is -0.166. The minimum atomic E-state index is -4.37. The van der Waals surface area contributed by atoms with Gasteiger partial charge in [0.2, 0.25) is 0 Å². The van der Waals surface area contributed by atoms with E-state index in [1.54, 1.807) is 0 Å². The van der Waals surface area contributed by atoms with Gasteiger partial charge in [0, 0.05) is 10.5 Å². The van der Waals surface area contributed by atoms with Gasteiger partial charge in [0.25, 0.3) is 10.0 Å². The number of benzene rings is 1. The lowest BCUT2D eigenvalue weighted by Crippen LogP contribution is -2.16. The maximum atomic E-state index is 13.6. The van der Waals surface area contributed by atoms with Gasteiger partial charge in [0.05, 0.1) is 11.2 Å². The largest absolute Gasteiger partial charge is 0.476 e. The van der Waals surface area contributed by atoms with Gasteiger partial charge in [-0.1, -0.05) is 0 Å². The zero-order valence-corrected chi connectivity index (χ0v) is 13.0. The molecule has 6 nitrogen and oxygen atoms in total. The highest BCUT2D eigenvalue weighted by Crippen LogP contribution is 2.30. The van der Waals surface area contributed by atoms with E-state index in [9.17, 15) is 22.0 Å². The van der Waals surface area contributed by atoms with Gasteiger partial charge in [-0.2, -0.15) is 0 Å². The molecule has 0 bridgehead atoms. The van der Waals surface area contributed by atoms with E-state index in [4.69, 9.17) is 5.11 Å². The molecule has 0 amide bonds. The number of aromatic carboxylic acids is 1. The van der Waals surface area contributed by atoms with E-state index in [1.165, 1.54) is 0 Å². The molecule has 0 unspecified atom stereocenters. The predicted octanol–water partition coefficient (Wildman–Crippen LogP) is 2.68. The minimum absolute atomic E-state index is 0.162. The van der Waals surface area contributed by atoms with Crippen LogP contribution >= 0.6 is 27.3 Å². The van der Waals surface area contributed by atoms with Gasteiger partial charge >= 0.3 is 5.97 Å². The van der Waals surface area contributed by atoms with Crippen LogP contribution in [0.4, 0.5) is 14.5 Å². The highest BCUT2D eigenvalue weighted by molar-refractivity contribution is 9.10. The van der Waals surface area contributed by atoms with Crippen LogP contribution in [0, 0.1) is 11.6 Å². The zero-order chi connectivity index (χ0) is 15.8. The molecule has 1 heterocycles. The number of halogens is 3.